The van der Waals surface area contributed by atoms with E-state index in [1.54, 1.807) is 7.11 Å². The van der Waals surface area contributed by atoms with Crippen molar-refractivity contribution in [2.24, 2.45) is 0 Å². The molecule has 0 amide bonds. The monoisotopic (exact) mass is 301 g/mol. The first-order valence-electron chi connectivity index (χ1n) is 6.77. The molecular formula is C15H15N3O4. The van der Waals surface area contributed by atoms with E-state index in [4.69, 9.17) is 14.6 Å². The van der Waals surface area contributed by atoms with Crippen LogP contribution in [0.1, 0.15) is 10.4 Å². The summed E-state index contributed by atoms with van der Waals surface area (Å²) in [5.41, 5.74) is 0.0956. The Morgan fingerprint density at radius 2 is 2.05 bits per heavy atom. The highest BCUT2D eigenvalue weighted by atomic mass is 16.5. The summed E-state index contributed by atoms with van der Waals surface area (Å²) in [6.07, 6.45) is 2.61. The third-order valence-corrected chi connectivity index (χ3v) is 3.43. The minimum atomic E-state index is -1.04. The van der Waals surface area contributed by atoms with E-state index >= 15 is 0 Å². The number of para-hydroxylation sites is 2. The van der Waals surface area contributed by atoms with Crippen LogP contribution in [0.25, 0.3) is 0 Å². The molecule has 1 saturated heterocycles. The lowest BCUT2D eigenvalue weighted by Gasteiger charge is -2.40. The van der Waals surface area contributed by atoms with Crippen LogP contribution in [0.5, 0.6) is 11.5 Å². The summed E-state index contributed by atoms with van der Waals surface area (Å²) in [4.78, 5) is 20.8. The number of ether oxygens (including phenoxy) is 2. The largest absolute Gasteiger partial charge is 0.493 e. The number of carbonyl (C=O) groups is 1. The molecule has 1 N–H and O–H groups in total. The normalized spacial score (nSPS) is 14.3. The van der Waals surface area contributed by atoms with Gasteiger partial charge in [-0.05, 0) is 12.1 Å². The number of anilines is 1. The fraction of sp³-hybridized carbons (Fsp3) is 0.267. The molecule has 1 aliphatic rings. The highest BCUT2D eigenvalue weighted by molar-refractivity contribution is 5.93. The maximum Gasteiger partial charge on any atom is 0.341 e. The molecule has 1 aromatic heterocycles. The van der Waals surface area contributed by atoms with Crippen molar-refractivity contribution in [3.63, 3.8) is 0 Å². The van der Waals surface area contributed by atoms with Crippen molar-refractivity contribution in [3.05, 3.63) is 42.4 Å². The number of nitrogens with zero attached hydrogens (tertiary/aromatic N) is 3. The Morgan fingerprint density at radius 3 is 2.73 bits per heavy atom. The van der Waals surface area contributed by atoms with Crippen molar-refractivity contribution in [2.75, 3.05) is 25.1 Å². The van der Waals surface area contributed by atoms with Gasteiger partial charge in [0.25, 0.3) is 0 Å². The van der Waals surface area contributed by atoms with Crippen LogP contribution < -0.4 is 14.4 Å². The lowest BCUT2D eigenvalue weighted by molar-refractivity contribution is 0.0695. The molecule has 0 saturated carbocycles. The van der Waals surface area contributed by atoms with E-state index < -0.39 is 5.97 Å². The molecular weight excluding hydrogens is 286 g/mol. The van der Waals surface area contributed by atoms with E-state index in [0.717, 1.165) is 0 Å². The number of hydrogen-bond acceptors (Lipinski definition) is 6. The molecule has 22 heavy (non-hydrogen) atoms. The number of hydrogen-bond donors (Lipinski definition) is 1. The number of rotatable bonds is 5. The van der Waals surface area contributed by atoms with Crippen LogP contribution in [-0.4, -0.2) is 47.3 Å². The Hall–Kier alpha value is -2.83. The summed E-state index contributed by atoms with van der Waals surface area (Å²) in [7, 11) is 1.59. The predicted molar refractivity (Wildman–Crippen MR) is 78.6 cm³/mol. The first kappa shape index (κ1) is 14.1. The molecule has 0 unspecified atom stereocenters. The van der Waals surface area contributed by atoms with Crippen molar-refractivity contribution >= 4 is 11.8 Å². The van der Waals surface area contributed by atoms with Crippen molar-refractivity contribution in [1.29, 1.82) is 0 Å². The van der Waals surface area contributed by atoms with E-state index in [1.807, 2.05) is 29.2 Å². The van der Waals surface area contributed by atoms with Gasteiger partial charge in [-0.1, -0.05) is 12.1 Å². The lowest BCUT2D eigenvalue weighted by atomic mass is 10.1. The summed E-state index contributed by atoms with van der Waals surface area (Å²) >= 11 is 0. The second kappa shape index (κ2) is 5.88. The van der Waals surface area contributed by atoms with Gasteiger partial charge < -0.3 is 19.5 Å². The number of carboxylic acids is 1. The molecule has 1 fully saturated rings. The van der Waals surface area contributed by atoms with E-state index in [1.165, 1.54) is 12.5 Å². The van der Waals surface area contributed by atoms with Crippen LogP contribution in [-0.2, 0) is 0 Å². The zero-order chi connectivity index (χ0) is 15.5. The fourth-order valence-corrected chi connectivity index (χ4v) is 2.31. The van der Waals surface area contributed by atoms with Crippen molar-refractivity contribution in [2.45, 2.75) is 6.10 Å². The molecule has 2 heterocycles. The first-order chi connectivity index (χ1) is 10.7. The number of benzene rings is 1. The Kier molecular flexibility index (Phi) is 3.78. The van der Waals surface area contributed by atoms with Crippen LogP contribution in [0, 0.1) is 0 Å². The smallest absolute Gasteiger partial charge is 0.341 e. The lowest BCUT2D eigenvalue weighted by Crippen LogP contribution is -2.54. The summed E-state index contributed by atoms with van der Waals surface area (Å²) < 4.78 is 11.1. The second-order valence-electron chi connectivity index (χ2n) is 4.86. The zero-order valence-corrected chi connectivity index (χ0v) is 12.0. The van der Waals surface area contributed by atoms with Gasteiger partial charge in [-0.3, -0.25) is 0 Å². The molecule has 3 rings (SSSR count). The topological polar surface area (TPSA) is 84.8 Å². The van der Waals surface area contributed by atoms with Crippen LogP contribution in [0.3, 0.4) is 0 Å². The minimum absolute atomic E-state index is 0.0343. The molecule has 7 heteroatoms. The Bertz CT molecular complexity index is 686. The molecule has 114 valence electrons. The summed E-state index contributed by atoms with van der Waals surface area (Å²) in [5, 5.41) is 9.15. The summed E-state index contributed by atoms with van der Waals surface area (Å²) in [5.74, 6) is 0.733. The van der Waals surface area contributed by atoms with Crippen LogP contribution >= 0.6 is 0 Å². The van der Waals surface area contributed by atoms with E-state index in [0.29, 0.717) is 30.4 Å². The first-order valence-corrected chi connectivity index (χ1v) is 6.77. The standard InChI is InChI=1S/C15H15N3O4/c1-21-12-4-2-3-5-13(12)22-10-7-18(8-10)14-11(15(19)20)6-16-9-17-14/h2-6,9-10H,7-8H2,1H3,(H,19,20). The molecule has 1 aliphatic heterocycles. The average Bonchev–Trinajstić information content (AvgIpc) is 2.50. The third-order valence-electron chi connectivity index (χ3n) is 3.43. The van der Waals surface area contributed by atoms with Gasteiger partial charge in [0, 0.05) is 6.20 Å². The average molecular weight is 301 g/mol. The number of methoxy groups -OCH3 is 1. The van der Waals surface area contributed by atoms with Crippen LogP contribution in [0.2, 0.25) is 0 Å². The fourth-order valence-electron chi connectivity index (χ4n) is 2.31. The van der Waals surface area contributed by atoms with E-state index in [2.05, 4.69) is 9.97 Å². The number of aromatic nitrogens is 2. The molecule has 0 radical (unpaired) electrons. The maximum atomic E-state index is 11.2. The molecule has 2 aromatic rings. The van der Waals surface area contributed by atoms with Gasteiger partial charge in [0.15, 0.2) is 11.5 Å². The van der Waals surface area contributed by atoms with Gasteiger partial charge in [-0.2, -0.15) is 0 Å². The Morgan fingerprint density at radius 1 is 1.32 bits per heavy atom. The molecule has 0 aliphatic carbocycles. The van der Waals surface area contributed by atoms with Gasteiger partial charge >= 0.3 is 5.97 Å². The third kappa shape index (κ3) is 2.65. The van der Waals surface area contributed by atoms with Crippen LogP contribution in [0.15, 0.2) is 36.8 Å². The molecule has 7 nitrogen and oxygen atoms in total. The molecule has 0 bridgehead atoms. The predicted octanol–water partition coefficient (Wildman–Crippen LogP) is 1.45. The van der Waals surface area contributed by atoms with Crippen molar-refractivity contribution < 1.29 is 19.4 Å². The second-order valence-corrected chi connectivity index (χ2v) is 4.86. The van der Waals surface area contributed by atoms with Crippen LogP contribution in [0.4, 0.5) is 5.82 Å². The minimum Gasteiger partial charge on any atom is -0.493 e. The molecule has 1 aromatic carbocycles. The molecule has 0 spiro atoms. The maximum absolute atomic E-state index is 11.2. The Balaban J connectivity index is 1.67. The SMILES string of the molecule is COc1ccccc1OC1CN(c2ncncc2C(=O)O)C1. The summed E-state index contributed by atoms with van der Waals surface area (Å²) in [6, 6.07) is 7.42. The van der Waals surface area contributed by atoms with Crippen molar-refractivity contribution in [1.82, 2.24) is 9.97 Å². The highest BCUT2D eigenvalue weighted by Gasteiger charge is 2.32. The van der Waals surface area contributed by atoms with E-state index in [-0.39, 0.29) is 11.7 Å². The quantitative estimate of drug-likeness (QED) is 0.894. The highest BCUT2D eigenvalue weighted by Crippen LogP contribution is 2.30. The van der Waals surface area contributed by atoms with Gasteiger partial charge in [0.2, 0.25) is 0 Å². The zero-order valence-electron chi connectivity index (χ0n) is 12.0. The van der Waals surface area contributed by atoms with Gasteiger partial charge in [0.1, 0.15) is 23.8 Å². The summed E-state index contributed by atoms with van der Waals surface area (Å²) in [6.45, 7) is 1.13. The number of aromatic carboxylic acids is 1. The molecule has 0 atom stereocenters. The van der Waals surface area contributed by atoms with Gasteiger partial charge in [-0.25, -0.2) is 14.8 Å². The Labute approximate surface area is 127 Å². The van der Waals surface area contributed by atoms with Crippen molar-refractivity contribution in [3.8, 4) is 11.5 Å². The van der Waals surface area contributed by atoms with E-state index in [9.17, 15) is 4.79 Å². The number of carboxylic acid groups (broad SMARTS) is 1. The van der Waals surface area contributed by atoms with Gasteiger partial charge in [0.05, 0.1) is 20.2 Å². The van der Waals surface area contributed by atoms with Gasteiger partial charge in [-0.15, -0.1) is 0 Å².